The first kappa shape index (κ1) is 11.7. The highest BCUT2D eigenvalue weighted by Crippen LogP contribution is 2.43. The van der Waals surface area contributed by atoms with Gasteiger partial charge in [-0.15, -0.1) is 0 Å². The lowest BCUT2D eigenvalue weighted by Crippen LogP contribution is -2.09. The number of hydrogen-bond donors (Lipinski definition) is 0. The summed E-state index contributed by atoms with van der Waals surface area (Å²) in [6, 6.07) is 2.71. The highest BCUT2D eigenvalue weighted by atomic mass is 35.5. The number of rotatable bonds is 2. The summed E-state index contributed by atoms with van der Waals surface area (Å²) < 4.78 is 10.2. The van der Waals surface area contributed by atoms with Crippen LogP contribution in [0.2, 0.25) is 5.02 Å². The van der Waals surface area contributed by atoms with Crippen LogP contribution >= 0.6 is 11.6 Å². The number of halogens is 1. The van der Waals surface area contributed by atoms with Gasteiger partial charge >= 0.3 is 11.7 Å². The van der Waals surface area contributed by atoms with Gasteiger partial charge in [-0.05, 0) is 6.07 Å². The van der Waals surface area contributed by atoms with E-state index in [-0.39, 0.29) is 23.1 Å². The Morgan fingerprint density at radius 1 is 1.65 bits per heavy atom. The van der Waals surface area contributed by atoms with E-state index in [0.29, 0.717) is 5.56 Å². The fourth-order valence-corrected chi connectivity index (χ4v) is 1.90. The van der Waals surface area contributed by atoms with E-state index in [1.54, 1.807) is 0 Å². The van der Waals surface area contributed by atoms with Crippen LogP contribution in [0.1, 0.15) is 18.6 Å². The number of carbonyl (C=O) groups excluding carboxylic acids is 1. The van der Waals surface area contributed by atoms with Gasteiger partial charge in [0.15, 0.2) is 6.10 Å². The molecule has 7 heteroatoms. The van der Waals surface area contributed by atoms with E-state index in [0.717, 1.165) is 0 Å². The molecule has 0 fully saturated rings. The molecule has 0 aliphatic carbocycles. The maximum atomic E-state index is 10.9. The summed E-state index contributed by atoms with van der Waals surface area (Å²) >= 11 is 5.77. The van der Waals surface area contributed by atoms with Crippen molar-refractivity contribution >= 4 is 23.3 Å². The first-order valence-electron chi connectivity index (χ1n) is 4.77. The van der Waals surface area contributed by atoms with E-state index in [1.165, 1.54) is 19.1 Å². The molecule has 1 unspecified atom stereocenters. The summed E-state index contributed by atoms with van der Waals surface area (Å²) in [6.07, 6.45) is -0.639. The van der Waals surface area contributed by atoms with Crippen LogP contribution in [0.3, 0.4) is 0 Å². The Morgan fingerprint density at radius 2 is 2.35 bits per heavy atom. The Kier molecular flexibility index (Phi) is 2.89. The van der Waals surface area contributed by atoms with Crippen molar-refractivity contribution in [1.82, 2.24) is 0 Å². The zero-order valence-corrected chi connectivity index (χ0v) is 9.56. The number of hydrogen-bond acceptors (Lipinski definition) is 5. The Balaban J connectivity index is 2.46. The van der Waals surface area contributed by atoms with E-state index in [1.807, 2.05) is 0 Å². The van der Waals surface area contributed by atoms with Crippen molar-refractivity contribution in [2.24, 2.45) is 0 Å². The molecule has 1 aromatic carbocycles. The molecular formula is C10H8ClNO5. The zero-order chi connectivity index (χ0) is 12.6. The van der Waals surface area contributed by atoms with Gasteiger partial charge < -0.3 is 9.47 Å². The van der Waals surface area contributed by atoms with Gasteiger partial charge in [0.05, 0.1) is 4.92 Å². The Morgan fingerprint density at radius 3 is 2.94 bits per heavy atom. The third-order valence-electron chi connectivity index (χ3n) is 2.29. The highest BCUT2D eigenvalue weighted by molar-refractivity contribution is 6.31. The number of ether oxygens (including phenoxy) is 2. The molecule has 0 saturated heterocycles. The lowest BCUT2D eigenvalue weighted by Gasteiger charge is -2.08. The molecule has 0 aromatic heterocycles. The predicted molar refractivity (Wildman–Crippen MR) is 58.1 cm³/mol. The molecule has 2 rings (SSSR count). The van der Waals surface area contributed by atoms with E-state index < -0.39 is 17.0 Å². The molecule has 0 amide bonds. The fourth-order valence-electron chi connectivity index (χ4n) is 1.68. The molecule has 1 heterocycles. The largest absolute Gasteiger partial charge is 0.482 e. The van der Waals surface area contributed by atoms with Gasteiger partial charge in [-0.3, -0.25) is 14.9 Å². The summed E-state index contributed by atoms with van der Waals surface area (Å²) in [4.78, 5) is 21.1. The minimum Gasteiger partial charge on any atom is -0.482 e. The van der Waals surface area contributed by atoms with E-state index in [9.17, 15) is 14.9 Å². The van der Waals surface area contributed by atoms with Gasteiger partial charge in [0.2, 0.25) is 5.75 Å². The number of nitrogens with zero attached hydrogens (tertiary/aromatic N) is 1. The van der Waals surface area contributed by atoms with Crippen LogP contribution in [0.4, 0.5) is 5.69 Å². The molecule has 1 aliphatic rings. The van der Waals surface area contributed by atoms with Crippen LogP contribution in [0, 0.1) is 10.1 Å². The van der Waals surface area contributed by atoms with Crippen LogP contribution in [0.15, 0.2) is 12.1 Å². The van der Waals surface area contributed by atoms with Crippen LogP contribution in [0.5, 0.6) is 5.75 Å². The summed E-state index contributed by atoms with van der Waals surface area (Å²) in [5, 5.41) is 11.0. The summed E-state index contributed by atoms with van der Waals surface area (Å²) in [5.74, 6) is -0.361. The summed E-state index contributed by atoms with van der Waals surface area (Å²) in [5.41, 5.74) is 0.210. The van der Waals surface area contributed by atoms with Crippen molar-refractivity contribution in [3.63, 3.8) is 0 Å². The first-order chi connectivity index (χ1) is 7.99. The molecule has 90 valence electrons. The Hall–Kier alpha value is -1.82. The molecule has 6 nitrogen and oxygen atoms in total. The van der Waals surface area contributed by atoms with Crippen molar-refractivity contribution in [3.8, 4) is 5.75 Å². The fraction of sp³-hybridized carbons (Fsp3) is 0.300. The predicted octanol–water partition coefficient (Wildman–Crippen LogP) is 2.24. The average Bonchev–Trinajstić information content (AvgIpc) is 2.59. The van der Waals surface area contributed by atoms with Gasteiger partial charge in [-0.25, -0.2) is 0 Å². The molecule has 0 saturated carbocycles. The average molecular weight is 258 g/mol. The SMILES string of the molecule is CC(=O)OC1COc2c1cc(Cl)cc2[N+](=O)[O-]. The molecule has 0 N–H and O–H groups in total. The zero-order valence-electron chi connectivity index (χ0n) is 8.81. The highest BCUT2D eigenvalue weighted by Gasteiger charge is 2.33. The molecule has 0 radical (unpaired) electrons. The van der Waals surface area contributed by atoms with Crippen molar-refractivity contribution < 1.29 is 19.2 Å². The third-order valence-corrected chi connectivity index (χ3v) is 2.51. The second kappa shape index (κ2) is 4.21. The number of fused-ring (bicyclic) bond motifs is 1. The summed E-state index contributed by atoms with van der Waals surface area (Å²) in [6.45, 7) is 1.33. The molecular weight excluding hydrogens is 250 g/mol. The lowest BCUT2D eigenvalue weighted by atomic mass is 10.1. The normalized spacial score (nSPS) is 17.2. The van der Waals surface area contributed by atoms with Gasteiger partial charge in [-0.1, -0.05) is 11.6 Å². The van der Waals surface area contributed by atoms with E-state index in [2.05, 4.69) is 0 Å². The number of esters is 1. The van der Waals surface area contributed by atoms with Crippen molar-refractivity contribution in [1.29, 1.82) is 0 Å². The van der Waals surface area contributed by atoms with E-state index >= 15 is 0 Å². The smallest absolute Gasteiger partial charge is 0.312 e. The van der Waals surface area contributed by atoms with Crippen molar-refractivity contribution in [2.45, 2.75) is 13.0 Å². The van der Waals surface area contributed by atoms with Crippen LogP contribution in [-0.4, -0.2) is 17.5 Å². The maximum absolute atomic E-state index is 10.9. The van der Waals surface area contributed by atoms with Gasteiger partial charge in [0.1, 0.15) is 6.61 Å². The molecule has 0 bridgehead atoms. The van der Waals surface area contributed by atoms with Gasteiger partial charge in [0, 0.05) is 23.6 Å². The molecule has 0 spiro atoms. The molecule has 17 heavy (non-hydrogen) atoms. The Labute approximate surface area is 101 Å². The number of nitro benzene ring substituents is 1. The number of nitro groups is 1. The molecule has 1 atom stereocenters. The van der Waals surface area contributed by atoms with Crippen molar-refractivity contribution in [2.75, 3.05) is 6.61 Å². The van der Waals surface area contributed by atoms with Crippen LogP contribution in [-0.2, 0) is 9.53 Å². The van der Waals surface area contributed by atoms with Crippen LogP contribution in [0.25, 0.3) is 0 Å². The number of carbonyl (C=O) groups is 1. The topological polar surface area (TPSA) is 78.7 Å². The van der Waals surface area contributed by atoms with Crippen LogP contribution < -0.4 is 4.74 Å². The summed E-state index contributed by atoms with van der Waals surface area (Å²) in [7, 11) is 0. The van der Waals surface area contributed by atoms with Gasteiger partial charge in [-0.2, -0.15) is 0 Å². The maximum Gasteiger partial charge on any atom is 0.312 e. The standard InChI is InChI=1S/C10H8ClNO5/c1-5(13)17-9-4-16-10-7(9)2-6(11)3-8(10)12(14)15/h2-3,9H,4H2,1H3. The minimum absolute atomic E-state index is 0.0656. The monoisotopic (exact) mass is 257 g/mol. The second-order valence-corrected chi connectivity index (χ2v) is 3.95. The quantitative estimate of drug-likeness (QED) is 0.461. The number of benzene rings is 1. The lowest BCUT2D eigenvalue weighted by molar-refractivity contribution is -0.385. The van der Waals surface area contributed by atoms with Gasteiger partial charge in [0.25, 0.3) is 0 Å². The molecule has 1 aromatic rings. The molecule has 1 aliphatic heterocycles. The minimum atomic E-state index is -0.639. The van der Waals surface area contributed by atoms with E-state index in [4.69, 9.17) is 21.1 Å². The van der Waals surface area contributed by atoms with Crippen molar-refractivity contribution in [3.05, 3.63) is 32.8 Å². The Bertz CT molecular complexity index is 502. The second-order valence-electron chi connectivity index (χ2n) is 3.51. The first-order valence-corrected chi connectivity index (χ1v) is 5.14. The third kappa shape index (κ3) is 2.16.